The molecule has 0 amide bonds. The molecule has 0 fully saturated rings. The van der Waals surface area contributed by atoms with Crippen molar-refractivity contribution in [1.82, 2.24) is 4.98 Å². The summed E-state index contributed by atoms with van der Waals surface area (Å²) in [5.41, 5.74) is 3.55. The van der Waals surface area contributed by atoms with Gasteiger partial charge in [-0.05, 0) is 18.2 Å². The normalized spacial score (nSPS) is 10.2. The van der Waals surface area contributed by atoms with Gasteiger partial charge in [0.15, 0.2) is 0 Å². The van der Waals surface area contributed by atoms with E-state index in [0.29, 0.717) is 5.56 Å². The van der Waals surface area contributed by atoms with E-state index in [0.717, 1.165) is 22.0 Å². The van der Waals surface area contributed by atoms with E-state index in [1.165, 1.54) is 0 Å². The second kappa shape index (κ2) is 4.31. The highest BCUT2D eigenvalue weighted by Gasteiger charge is 2.05. The molecular formula is C16H10N2. The number of rotatable bonds is 1. The van der Waals surface area contributed by atoms with Crippen LogP contribution < -0.4 is 0 Å². The zero-order valence-corrected chi connectivity index (χ0v) is 9.67. The molecule has 0 aliphatic rings. The monoisotopic (exact) mass is 230 g/mol. The van der Waals surface area contributed by atoms with Gasteiger partial charge in [-0.1, -0.05) is 36.4 Å². The molecule has 3 rings (SSSR count). The summed E-state index contributed by atoms with van der Waals surface area (Å²) in [6, 6.07) is 19.8. The molecule has 0 saturated heterocycles. The maximum Gasteiger partial charge on any atom is 0.0998 e. The Morgan fingerprint density at radius 2 is 1.72 bits per heavy atom. The summed E-state index contributed by atoms with van der Waals surface area (Å²) in [6.07, 6.45) is 1.82. The molecule has 0 aliphatic carbocycles. The van der Waals surface area contributed by atoms with Crippen LogP contribution in [-0.2, 0) is 0 Å². The third-order valence-corrected chi connectivity index (χ3v) is 2.95. The van der Waals surface area contributed by atoms with Crippen molar-refractivity contribution in [2.75, 3.05) is 0 Å². The Morgan fingerprint density at radius 1 is 0.944 bits per heavy atom. The van der Waals surface area contributed by atoms with Crippen molar-refractivity contribution in [2.45, 2.75) is 0 Å². The van der Waals surface area contributed by atoms with Crippen molar-refractivity contribution in [3.8, 4) is 17.2 Å². The lowest BCUT2D eigenvalue weighted by Crippen LogP contribution is -1.86. The summed E-state index contributed by atoms with van der Waals surface area (Å²) in [5.74, 6) is 0. The first-order chi connectivity index (χ1) is 8.88. The van der Waals surface area contributed by atoms with Gasteiger partial charge in [0, 0.05) is 22.7 Å². The van der Waals surface area contributed by atoms with E-state index >= 15 is 0 Å². The van der Waals surface area contributed by atoms with Crippen LogP contribution in [0, 0.1) is 11.3 Å². The number of hydrogen-bond acceptors (Lipinski definition) is 2. The lowest BCUT2D eigenvalue weighted by Gasteiger charge is -2.05. The summed E-state index contributed by atoms with van der Waals surface area (Å²) in [6.45, 7) is 0. The van der Waals surface area contributed by atoms with Crippen LogP contribution in [-0.4, -0.2) is 4.98 Å². The lowest BCUT2D eigenvalue weighted by molar-refractivity contribution is 1.40. The Kier molecular flexibility index (Phi) is 2.51. The third-order valence-electron chi connectivity index (χ3n) is 2.95. The molecule has 0 bridgehead atoms. The first-order valence-corrected chi connectivity index (χ1v) is 5.73. The molecule has 0 spiro atoms. The van der Waals surface area contributed by atoms with Crippen LogP contribution in [0.1, 0.15) is 5.56 Å². The van der Waals surface area contributed by atoms with Crippen LogP contribution in [0.25, 0.3) is 22.0 Å². The predicted molar refractivity (Wildman–Crippen MR) is 71.9 cm³/mol. The van der Waals surface area contributed by atoms with Gasteiger partial charge < -0.3 is 0 Å². The van der Waals surface area contributed by atoms with Gasteiger partial charge >= 0.3 is 0 Å². The zero-order chi connectivity index (χ0) is 12.4. The minimum Gasteiger partial charge on any atom is -0.256 e. The number of fused-ring (bicyclic) bond motifs is 1. The lowest BCUT2D eigenvalue weighted by atomic mass is 10.0. The quantitative estimate of drug-likeness (QED) is 0.638. The molecule has 3 aromatic rings. The van der Waals surface area contributed by atoms with Crippen molar-refractivity contribution in [2.24, 2.45) is 0 Å². The van der Waals surface area contributed by atoms with Gasteiger partial charge in [0.1, 0.15) is 0 Å². The fraction of sp³-hybridized carbons (Fsp3) is 0. The van der Waals surface area contributed by atoms with E-state index in [9.17, 15) is 0 Å². The summed E-state index contributed by atoms with van der Waals surface area (Å²) in [4.78, 5) is 4.42. The summed E-state index contributed by atoms with van der Waals surface area (Å²) in [5, 5.41) is 10.2. The Hall–Kier alpha value is -2.66. The highest BCUT2D eigenvalue weighted by Crippen LogP contribution is 2.25. The molecule has 18 heavy (non-hydrogen) atoms. The van der Waals surface area contributed by atoms with Crippen LogP contribution in [0.5, 0.6) is 0 Å². The van der Waals surface area contributed by atoms with E-state index in [1.807, 2.05) is 54.7 Å². The van der Waals surface area contributed by atoms with Crippen LogP contribution in [0.2, 0.25) is 0 Å². The van der Waals surface area contributed by atoms with Crippen molar-refractivity contribution >= 4 is 10.9 Å². The van der Waals surface area contributed by atoms with Crippen molar-refractivity contribution in [3.05, 3.63) is 66.4 Å². The van der Waals surface area contributed by atoms with Crippen molar-refractivity contribution in [1.29, 1.82) is 5.26 Å². The van der Waals surface area contributed by atoms with Crippen LogP contribution in [0.4, 0.5) is 0 Å². The standard InChI is InChI=1S/C16H10N2/c17-10-13-6-1-3-7-15(13)14-9-12-5-2-4-8-16(12)18-11-14/h1-9,11H. The molecular weight excluding hydrogens is 220 g/mol. The Labute approximate surface area is 105 Å². The van der Waals surface area contributed by atoms with Crippen LogP contribution in [0.15, 0.2) is 60.8 Å². The molecule has 1 aromatic heterocycles. The third kappa shape index (κ3) is 1.72. The van der Waals surface area contributed by atoms with Crippen molar-refractivity contribution in [3.63, 3.8) is 0 Å². The van der Waals surface area contributed by atoms with Gasteiger partial charge in [0.2, 0.25) is 0 Å². The average Bonchev–Trinajstić information content (AvgIpc) is 2.46. The average molecular weight is 230 g/mol. The van der Waals surface area contributed by atoms with Crippen LogP contribution in [0.3, 0.4) is 0 Å². The molecule has 2 nitrogen and oxygen atoms in total. The van der Waals surface area contributed by atoms with Crippen LogP contribution >= 0.6 is 0 Å². The Morgan fingerprint density at radius 3 is 2.61 bits per heavy atom. The second-order valence-corrected chi connectivity index (χ2v) is 4.07. The number of pyridine rings is 1. The molecule has 2 heteroatoms. The molecule has 0 aliphatic heterocycles. The summed E-state index contributed by atoms with van der Waals surface area (Å²) >= 11 is 0. The highest BCUT2D eigenvalue weighted by molar-refractivity contribution is 5.84. The van der Waals surface area contributed by atoms with Gasteiger partial charge in [-0.2, -0.15) is 5.26 Å². The first-order valence-electron chi connectivity index (χ1n) is 5.73. The number of hydrogen-bond donors (Lipinski definition) is 0. The fourth-order valence-electron chi connectivity index (χ4n) is 2.05. The summed E-state index contributed by atoms with van der Waals surface area (Å²) < 4.78 is 0. The first kappa shape index (κ1) is 10.5. The molecule has 0 atom stereocenters. The molecule has 0 N–H and O–H groups in total. The Balaban J connectivity index is 2.23. The Bertz CT molecular complexity index is 754. The van der Waals surface area contributed by atoms with Gasteiger partial charge in [-0.25, -0.2) is 0 Å². The largest absolute Gasteiger partial charge is 0.256 e. The van der Waals surface area contributed by atoms with E-state index in [4.69, 9.17) is 5.26 Å². The van der Waals surface area contributed by atoms with Gasteiger partial charge in [-0.15, -0.1) is 0 Å². The smallest absolute Gasteiger partial charge is 0.0998 e. The molecule has 0 radical (unpaired) electrons. The van der Waals surface area contributed by atoms with E-state index in [2.05, 4.69) is 17.1 Å². The maximum absolute atomic E-state index is 9.12. The number of nitrogens with zero attached hydrogens (tertiary/aromatic N) is 2. The van der Waals surface area contributed by atoms with Gasteiger partial charge in [-0.3, -0.25) is 4.98 Å². The number of benzene rings is 2. The number of para-hydroxylation sites is 1. The minimum absolute atomic E-state index is 0.676. The SMILES string of the molecule is N#Cc1ccccc1-c1cnc2ccccc2c1. The molecule has 0 saturated carbocycles. The minimum atomic E-state index is 0.676. The van der Waals surface area contributed by atoms with Gasteiger partial charge in [0.05, 0.1) is 17.1 Å². The highest BCUT2D eigenvalue weighted by atomic mass is 14.6. The number of nitriles is 1. The zero-order valence-electron chi connectivity index (χ0n) is 9.67. The molecule has 0 unspecified atom stereocenters. The fourth-order valence-corrected chi connectivity index (χ4v) is 2.05. The topological polar surface area (TPSA) is 36.7 Å². The molecule has 2 aromatic carbocycles. The van der Waals surface area contributed by atoms with E-state index in [1.54, 1.807) is 0 Å². The summed E-state index contributed by atoms with van der Waals surface area (Å²) in [7, 11) is 0. The van der Waals surface area contributed by atoms with E-state index in [-0.39, 0.29) is 0 Å². The maximum atomic E-state index is 9.12. The van der Waals surface area contributed by atoms with E-state index < -0.39 is 0 Å². The number of aromatic nitrogens is 1. The predicted octanol–water partition coefficient (Wildman–Crippen LogP) is 3.77. The van der Waals surface area contributed by atoms with Gasteiger partial charge in [0.25, 0.3) is 0 Å². The molecule has 84 valence electrons. The molecule has 1 heterocycles. The van der Waals surface area contributed by atoms with Crippen molar-refractivity contribution < 1.29 is 0 Å². The second-order valence-electron chi connectivity index (χ2n) is 4.07.